The molecule has 2 aromatic rings. The molecule has 7 nitrogen and oxygen atoms in total. The van der Waals surface area contributed by atoms with Crippen LogP contribution in [0.4, 0.5) is 18.9 Å². The Balaban J connectivity index is 1.98. The summed E-state index contributed by atoms with van der Waals surface area (Å²) < 4.78 is 44.7. The van der Waals surface area contributed by atoms with Gasteiger partial charge in [-0.2, -0.15) is 13.2 Å². The maximum absolute atomic E-state index is 13.5. The normalized spacial score (nSPS) is 17.4. The van der Waals surface area contributed by atoms with E-state index < -0.39 is 60.4 Å². The Hall–Kier alpha value is -3.69. The largest absolute Gasteiger partial charge is 0.460 e. The van der Waals surface area contributed by atoms with Crippen LogP contribution in [0.5, 0.6) is 0 Å². The minimum absolute atomic E-state index is 0.0554. The number of hydrogen-bond donors (Lipinski definition) is 1. The molecule has 2 aromatic carbocycles. The molecule has 10 heteroatoms. The number of benzene rings is 2. The number of aliphatic imine (C=N–C) groups is 1. The van der Waals surface area contributed by atoms with Gasteiger partial charge in [0.05, 0.1) is 23.2 Å². The number of carbonyl (C=O) groups excluding carboxylic acids is 3. The van der Waals surface area contributed by atoms with Crippen LogP contribution >= 0.6 is 0 Å². The number of amides is 2. The first kappa shape index (κ1) is 29.9. The average molecular weight is 546 g/mol. The van der Waals surface area contributed by atoms with Crippen molar-refractivity contribution in [3.8, 4) is 0 Å². The van der Waals surface area contributed by atoms with E-state index in [-0.39, 0.29) is 6.42 Å². The van der Waals surface area contributed by atoms with E-state index in [9.17, 15) is 27.6 Å². The van der Waals surface area contributed by atoms with Crippen molar-refractivity contribution in [2.45, 2.75) is 64.9 Å². The Bertz CT molecular complexity index is 1220. The lowest BCUT2D eigenvalue weighted by Crippen LogP contribution is -2.49. The number of fused-ring (bicyclic) bond motifs is 1. The van der Waals surface area contributed by atoms with Gasteiger partial charge in [-0.1, -0.05) is 55.5 Å². The Morgan fingerprint density at radius 2 is 1.64 bits per heavy atom. The molecule has 210 valence electrons. The van der Waals surface area contributed by atoms with Crippen LogP contribution in [0.2, 0.25) is 0 Å². The zero-order chi connectivity index (χ0) is 29.0. The highest BCUT2D eigenvalue weighted by atomic mass is 19.4. The molecule has 0 saturated heterocycles. The molecular weight excluding hydrogens is 511 g/mol. The van der Waals surface area contributed by atoms with Gasteiger partial charge >= 0.3 is 12.1 Å². The first-order valence-corrected chi connectivity index (χ1v) is 12.8. The van der Waals surface area contributed by atoms with Gasteiger partial charge in [0.25, 0.3) is 5.91 Å². The number of likely N-dealkylation sites (N-methyl/N-ethyl adjacent to an activating group) is 1. The van der Waals surface area contributed by atoms with Crippen molar-refractivity contribution < 1.29 is 32.3 Å². The van der Waals surface area contributed by atoms with E-state index >= 15 is 0 Å². The third-order valence-corrected chi connectivity index (χ3v) is 6.38. The number of halogens is 3. The molecule has 3 atom stereocenters. The van der Waals surface area contributed by atoms with Crippen molar-refractivity contribution in [1.29, 1.82) is 0 Å². The fourth-order valence-corrected chi connectivity index (χ4v) is 4.52. The van der Waals surface area contributed by atoms with Gasteiger partial charge in [0.15, 0.2) is 0 Å². The zero-order valence-electron chi connectivity index (χ0n) is 22.7. The Morgan fingerprint density at radius 1 is 1.03 bits per heavy atom. The molecule has 39 heavy (non-hydrogen) atoms. The lowest BCUT2D eigenvalue weighted by Gasteiger charge is -2.29. The molecule has 1 aliphatic rings. The monoisotopic (exact) mass is 545 g/mol. The summed E-state index contributed by atoms with van der Waals surface area (Å²) in [5.74, 6) is -4.69. The number of hydrogen-bond acceptors (Lipinski definition) is 5. The highest BCUT2D eigenvalue weighted by Gasteiger charge is 2.40. The summed E-state index contributed by atoms with van der Waals surface area (Å²) in [5, 5.41) is 2.61. The van der Waals surface area contributed by atoms with Gasteiger partial charge in [-0.3, -0.25) is 14.4 Å². The highest BCUT2D eigenvalue weighted by molar-refractivity contribution is 6.20. The van der Waals surface area contributed by atoms with Crippen molar-refractivity contribution in [3.63, 3.8) is 0 Å². The molecule has 2 amide bonds. The topological polar surface area (TPSA) is 88.1 Å². The molecule has 0 spiro atoms. The Kier molecular flexibility index (Phi) is 9.19. The van der Waals surface area contributed by atoms with Crippen LogP contribution in [0, 0.1) is 11.8 Å². The van der Waals surface area contributed by atoms with Crippen LogP contribution in [-0.2, 0) is 19.1 Å². The highest BCUT2D eigenvalue weighted by Crippen LogP contribution is 2.32. The second kappa shape index (κ2) is 12.0. The first-order valence-electron chi connectivity index (χ1n) is 12.8. The summed E-state index contributed by atoms with van der Waals surface area (Å²) in [5.41, 5.74) is 1.51. The standard InChI is InChI=1S/C29H34F3N3O4/c1-6-19(20(16-17-29(30,31)32)27(38)39-28(2,3)4)25(36)34-24-26(37)35(5)22-15-11-10-14-21(22)23(33-24)18-12-8-7-9-13-18/h7-15,19-20,24H,6,16-17H2,1-5H3,(H,34,36)/t19-,20+,24-/m1/s1. The molecule has 0 fully saturated rings. The molecule has 1 heterocycles. The maximum Gasteiger partial charge on any atom is 0.389 e. The predicted octanol–water partition coefficient (Wildman–Crippen LogP) is 5.27. The summed E-state index contributed by atoms with van der Waals surface area (Å²) >= 11 is 0. The molecule has 1 N–H and O–H groups in total. The third kappa shape index (κ3) is 7.68. The molecule has 1 aliphatic heterocycles. The number of nitrogens with zero attached hydrogens (tertiary/aromatic N) is 2. The Morgan fingerprint density at radius 3 is 2.23 bits per heavy atom. The first-order chi connectivity index (χ1) is 18.2. The van der Waals surface area contributed by atoms with Crippen molar-refractivity contribution in [2.75, 3.05) is 11.9 Å². The van der Waals surface area contributed by atoms with Crippen LogP contribution < -0.4 is 10.2 Å². The van der Waals surface area contributed by atoms with E-state index in [2.05, 4.69) is 10.3 Å². The molecule has 0 unspecified atom stereocenters. The third-order valence-electron chi connectivity index (χ3n) is 6.38. The second-order valence-corrected chi connectivity index (χ2v) is 10.5. The molecule has 3 rings (SSSR count). The quantitative estimate of drug-likeness (QED) is 0.458. The van der Waals surface area contributed by atoms with E-state index in [1.165, 1.54) is 4.90 Å². The molecule has 0 saturated carbocycles. The van der Waals surface area contributed by atoms with Crippen LogP contribution in [-0.4, -0.2) is 48.5 Å². The minimum Gasteiger partial charge on any atom is -0.460 e. The van der Waals surface area contributed by atoms with E-state index in [4.69, 9.17) is 4.74 Å². The molecule has 0 aliphatic carbocycles. The fourth-order valence-electron chi connectivity index (χ4n) is 4.52. The summed E-state index contributed by atoms with van der Waals surface area (Å²) in [7, 11) is 1.56. The van der Waals surface area contributed by atoms with Crippen LogP contribution in [0.3, 0.4) is 0 Å². The second-order valence-electron chi connectivity index (χ2n) is 10.5. The number of rotatable bonds is 8. The number of nitrogens with one attached hydrogen (secondary N) is 1. The van der Waals surface area contributed by atoms with E-state index in [0.29, 0.717) is 17.0 Å². The SMILES string of the molecule is CC[C@@H](C(=O)N[C@H]1N=C(c2ccccc2)c2ccccc2N(C)C1=O)[C@H](CCC(F)(F)F)C(=O)OC(C)(C)C. The molecular formula is C29H34F3N3O4. The maximum atomic E-state index is 13.5. The summed E-state index contributed by atoms with van der Waals surface area (Å²) in [6, 6.07) is 16.3. The van der Waals surface area contributed by atoms with Crippen LogP contribution in [0.25, 0.3) is 0 Å². The van der Waals surface area contributed by atoms with E-state index in [1.54, 1.807) is 46.9 Å². The van der Waals surface area contributed by atoms with Crippen molar-refractivity contribution >= 4 is 29.2 Å². The molecule has 0 radical (unpaired) electrons. The predicted molar refractivity (Wildman–Crippen MR) is 142 cm³/mol. The number of esters is 1. The molecule has 0 aromatic heterocycles. The number of ether oxygens (including phenoxy) is 1. The lowest BCUT2D eigenvalue weighted by molar-refractivity contribution is -0.168. The number of carbonyl (C=O) groups is 3. The average Bonchev–Trinajstić information content (AvgIpc) is 2.96. The van der Waals surface area contributed by atoms with Gasteiger partial charge in [0, 0.05) is 24.6 Å². The van der Waals surface area contributed by atoms with Gasteiger partial charge in [0.1, 0.15) is 5.60 Å². The number of anilines is 1. The van der Waals surface area contributed by atoms with Crippen LogP contribution in [0.15, 0.2) is 59.6 Å². The summed E-state index contributed by atoms with van der Waals surface area (Å²) in [4.78, 5) is 45.9. The van der Waals surface area contributed by atoms with Gasteiger partial charge < -0.3 is 15.0 Å². The Labute approximate surface area is 226 Å². The van der Waals surface area contributed by atoms with Gasteiger partial charge in [-0.05, 0) is 39.7 Å². The molecule has 0 bridgehead atoms. The van der Waals surface area contributed by atoms with E-state index in [1.807, 2.05) is 42.5 Å². The van der Waals surface area contributed by atoms with Crippen molar-refractivity contribution in [1.82, 2.24) is 5.32 Å². The number of para-hydroxylation sites is 1. The summed E-state index contributed by atoms with van der Waals surface area (Å²) in [6.45, 7) is 6.41. The van der Waals surface area contributed by atoms with E-state index in [0.717, 1.165) is 5.56 Å². The number of benzodiazepines with no additional fused rings is 1. The minimum atomic E-state index is -4.52. The van der Waals surface area contributed by atoms with Crippen molar-refractivity contribution in [2.24, 2.45) is 16.8 Å². The zero-order valence-corrected chi connectivity index (χ0v) is 22.7. The van der Waals surface area contributed by atoms with Crippen LogP contribution in [0.1, 0.15) is 58.1 Å². The summed E-state index contributed by atoms with van der Waals surface area (Å²) in [6.07, 6.45) is -7.69. The number of alkyl halides is 3. The van der Waals surface area contributed by atoms with Gasteiger partial charge in [0.2, 0.25) is 12.1 Å². The smallest absolute Gasteiger partial charge is 0.389 e. The van der Waals surface area contributed by atoms with Gasteiger partial charge in [-0.15, -0.1) is 0 Å². The lowest BCUT2D eigenvalue weighted by atomic mass is 9.85. The van der Waals surface area contributed by atoms with Gasteiger partial charge in [-0.25, -0.2) is 4.99 Å². The fraction of sp³-hybridized carbons (Fsp3) is 0.448. The van der Waals surface area contributed by atoms with Crippen molar-refractivity contribution in [3.05, 3.63) is 65.7 Å².